The lowest BCUT2D eigenvalue weighted by Gasteiger charge is -2.49. The summed E-state index contributed by atoms with van der Waals surface area (Å²) in [5.74, 6) is 0.660. The number of hydrogen-bond donors (Lipinski definition) is 1. The molecule has 19 heavy (non-hydrogen) atoms. The Kier molecular flexibility index (Phi) is 2.93. The molecule has 5 nitrogen and oxygen atoms in total. The third-order valence-electron chi connectivity index (χ3n) is 3.92. The number of nitrogens with one attached hydrogen (secondary N) is 1. The number of alkyl halides is 1. The van der Waals surface area contributed by atoms with Gasteiger partial charge in [0.1, 0.15) is 0 Å². The number of aromatic nitrogens is 4. The van der Waals surface area contributed by atoms with Crippen LogP contribution in [0.2, 0.25) is 0 Å². The van der Waals surface area contributed by atoms with E-state index in [-0.39, 0.29) is 10.8 Å². The number of hydrogen-bond acceptors (Lipinski definition) is 4. The summed E-state index contributed by atoms with van der Waals surface area (Å²) >= 11 is 6.23. The number of anilines is 1. The Morgan fingerprint density at radius 3 is 2.68 bits per heavy atom. The lowest BCUT2D eigenvalue weighted by Crippen LogP contribution is -2.54. The summed E-state index contributed by atoms with van der Waals surface area (Å²) in [6, 6.07) is 10.1. The number of benzene rings is 1. The maximum atomic E-state index is 6.23. The fourth-order valence-electron chi connectivity index (χ4n) is 2.29. The van der Waals surface area contributed by atoms with E-state index in [2.05, 4.69) is 34.7 Å². The monoisotopic (exact) mass is 277 g/mol. The molecule has 0 radical (unpaired) electrons. The molecule has 1 aromatic heterocycles. The third kappa shape index (κ3) is 2.08. The molecule has 2 unspecified atom stereocenters. The molecule has 0 saturated heterocycles. The second-order valence-corrected chi connectivity index (χ2v) is 6.00. The van der Waals surface area contributed by atoms with Crippen LogP contribution in [0.1, 0.15) is 20.3 Å². The number of halogens is 1. The summed E-state index contributed by atoms with van der Waals surface area (Å²) in [6.07, 6.45) is 0.927. The minimum atomic E-state index is 0.0506. The van der Waals surface area contributed by atoms with Crippen molar-refractivity contribution in [3.63, 3.8) is 0 Å². The summed E-state index contributed by atoms with van der Waals surface area (Å²) in [7, 11) is 0. The summed E-state index contributed by atoms with van der Waals surface area (Å²) in [4.78, 5) is 0. The highest BCUT2D eigenvalue weighted by atomic mass is 35.5. The van der Waals surface area contributed by atoms with Gasteiger partial charge in [-0.05, 0) is 29.0 Å². The normalized spacial score (nSPS) is 24.8. The molecule has 6 heteroatoms. The van der Waals surface area contributed by atoms with E-state index in [1.165, 1.54) is 0 Å². The topological polar surface area (TPSA) is 55.6 Å². The van der Waals surface area contributed by atoms with Crippen LogP contribution in [0.15, 0.2) is 30.3 Å². The third-order valence-corrected chi connectivity index (χ3v) is 4.66. The molecule has 2 aromatic rings. The van der Waals surface area contributed by atoms with Crippen LogP contribution >= 0.6 is 11.6 Å². The van der Waals surface area contributed by atoms with E-state index in [4.69, 9.17) is 11.6 Å². The molecule has 1 fully saturated rings. The van der Waals surface area contributed by atoms with Crippen LogP contribution in [0.3, 0.4) is 0 Å². The van der Waals surface area contributed by atoms with Crippen LogP contribution in [-0.2, 0) is 0 Å². The van der Waals surface area contributed by atoms with Gasteiger partial charge in [0.15, 0.2) is 0 Å². The van der Waals surface area contributed by atoms with E-state index in [0.29, 0.717) is 12.0 Å². The van der Waals surface area contributed by atoms with Gasteiger partial charge in [-0.1, -0.05) is 37.1 Å². The van der Waals surface area contributed by atoms with Crippen LogP contribution in [0.25, 0.3) is 5.69 Å². The highest BCUT2D eigenvalue weighted by Gasteiger charge is 2.47. The molecule has 1 saturated carbocycles. The van der Waals surface area contributed by atoms with Gasteiger partial charge in [0.25, 0.3) is 0 Å². The molecule has 1 heterocycles. The molecule has 0 spiro atoms. The first-order valence-electron chi connectivity index (χ1n) is 6.33. The Morgan fingerprint density at radius 2 is 2.05 bits per heavy atom. The molecule has 0 amide bonds. The smallest absolute Gasteiger partial charge is 0.247 e. The zero-order chi connectivity index (χ0) is 13.5. The largest absolute Gasteiger partial charge is 0.349 e. The fourth-order valence-corrected chi connectivity index (χ4v) is 2.62. The van der Waals surface area contributed by atoms with Gasteiger partial charge >= 0.3 is 0 Å². The zero-order valence-corrected chi connectivity index (χ0v) is 11.7. The Balaban J connectivity index is 1.83. The Morgan fingerprint density at radius 1 is 1.32 bits per heavy atom. The highest BCUT2D eigenvalue weighted by molar-refractivity contribution is 6.21. The maximum absolute atomic E-state index is 6.23. The SMILES string of the molecule is CC1(C)C(Cl)CC1Nc1nnnn1-c1ccccc1. The van der Waals surface area contributed by atoms with Gasteiger partial charge < -0.3 is 5.32 Å². The quantitative estimate of drug-likeness (QED) is 0.876. The molecule has 1 aromatic carbocycles. The van der Waals surface area contributed by atoms with Gasteiger partial charge in [-0.3, -0.25) is 0 Å². The van der Waals surface area contributed by atoms with Crippen molar-refractivity contribution in [2.75, 3.05) is 5.32 Å². The van der Waals surface area contributed by atoms with E-state index in [1.54, 1.807) is 4.68 Å². The summed E-state index contributed by atoms with van der Waals surface area (Å²) in [5.41, 5.74) is 0.990. The lowest BCUT2D eigenvalue weighted by molar-refractivity contribution is 0.167. The molecule has 1 aliphatic rings. The predicted octanol–water partition coefficient (Wildman–Crippen LogP) is 2.48. The number of rotatable bonds is 3. The van der Waals surface area contributed by atoms with Gasteiger partial charge in [0.05, 0.1) is 5.69 Å². The van der Waals surface area contributed by atoms with Crippen molar-refractivity contribution in [2.24, 2.45) is 5.41 Å². The second-order valence-electron chi connectivity index (χ2n) is 5.47. The molecular formula is C13H16ClN5. The fraction of sp³-hybridized carbons (Fsp3) is 0.462. The summed E-state index contributed by atoms with van der Waals surface area (Å²) in [5, 5.41) is 15.4. The van der Waals surface area contributed by atoms with Crippen molar-refractivity contribution in [1.29, 1.82) is 0 Å². The Hall–Kier alpha value is -1.62. The maximum Gasteiger partial charge on any atom is 0.247 e. The average molecular weight is 278 g/mol. The Labute approximate surface area is 117 Å². The molecule has 100 valence electrons. The molecule has 0 aliphatic heterocycles. The van der Waals surface area contributed by atoms with Crippen LogP contribution in [-0.4, -0.2) is 31.6 Å². The number of para-hydroxylation sites is 1. The minimum Gasteiger partial charge on any atom is -0.349 e. The van der Waals surface area contributed by atoms with E-state index in [9.17, 15) is 0 Å². The summed E-state index contributed by atoms with van der Waals surface area (Å²) < 4.78 is 1.71. The minimum absolute atomic E-state index is 0.0506. The van der Waals surface area contributed by atoms with Crippen LogP contribution < -0.4 is 5.32 Å². The van der Waals surface area contributed by atoms with Crippen molar-refractivity contribution in [3.8, 4) is 5.69 Å². The first-order chi connectivity index (χ1) is 9.09. The number of nitrogens with zero attached hydrogens (tertiary/aromatic N) is 4. The zero-order valence-electron chi connectivity index (χ0n) is 10.9. The van der Waals surface area contributed by atoms with Crippen molar-refractivity contribution >= 4 is 17.5 Å². The number of tetrazole rings is 1. The Bertz CT molecular complexity index is 565. The molecule has 1 aliphatic carbocycles. The van der Waals surface area contributed by atoms with Crippen molar-refractivity contribution < 1.29 is 0 Å². The highest BCUT2D eigenvalue weighted by Crippen LogP contribution is 2.45. The van der Waals surface area contributed by atoms with Gasteiger partial charge in [-0.15, -0.1) is 11.6 Å². The second kappa shape index (κ2) is 4.49. The molecule has 0 bridgehead atoms. The van der Waals surface area contributed by atoms with Crippen LogP contribution in [0.4, 0.5) is 5.95 Å². The van der Waals surface area contributed by atoms with Gasteiger partial charge in [0, 0.05) is 16.8 Å². The molecule has 2 atom stereocenters. The molecule has 3 rings (SSSR count). The molecular weight excluding hydrogens is 262 g/mol. The van der Waals surface area contributed by atoms with E-state index >= 15 is 0 Å². The molecule has 1 N–H and O–H groups in total. The van der Waals surface area contributed by atoms with Crippen molar-refractivity contribution in [1.82, 2.24) is 20.2 Å². The standard InChI is InChI=1S/C13H16ClN5/c1-13(2)10(14)8-11(13)15-12-16-17-18-19(12)9-6-4-3-5-7-9/h3-7,10-11H,8H2,1-2H3,(H,15,16,18). The van der Waals surface area contributed by atoms with Crippen molar-refractivity contribution in [3.05, 3.63) is 30.3 Å². The summed E-state index contributed by atoms with van der Waals surface area (Å²) in [6.45, 7) is 4.31. The lowest BCUT2D eigenvalue weighted by atomic mass is 9.67. The van der Waals surface area contributed by atoms with E-state index < -0.39 is 0 Å². The first-order valence-corrected chi connectivity index (χ1v) is 6.77. The average Bonchev–Trinajstić information content (AvgIpc) is 2.88. The van der Waals surface area contributed by atoms with E-state index in [0.717, 1.165) is 12.1 Å². The van der Waals surface area contributed by atoms with Gasteiger partial charge in [0.2, 0.25) is 5.95 Å². The van der Waals surface area contributed by atoms with Crippen LogP contribution in [0.5, 0.6) is 0 Å². The predicted molar refractivity (Wildman–Crippen MR) is 74.6 cm³/mol. The van der Waals surface area contributed by atoms with Gasteiger partial charge in [-0.2, -0.15) is 4.68 Å². The van der Waals surface area contributed by atoms with Crippen LogP contribution in [0, 0.1) is 5.41 Å². The van der Waals surface area contributed by atoms with Gasteiger partial charge in [-0.25, -0.2) is 0 Å². The first kappa shape index (κ1) is 12.4. The van der Waals surface area contributed by atoms with E-state index in [1.807, 2.05) is 30.3 Å². The van der Waals surface area contributed by atoms with Crippen molar-refractivity contribution in [2.45, 2.75) is 31.7 Å².